The average molecular weight is 548 g/mol. The third kappa shape index (κ3) is 4.15. The highest BCUT2D eigenvalue weighted by atomic mass is 35.5. The molecule has 0 saturated carbocycles. The first-order chi connectivity index (χ1) is 18.9. The summed E-state index contributed by atoms with van der Waals surface area (Å²) < 4.78 is 31.8. The number of amides is 1. The molecule has 196 valence electrons. The fourth-order valence-electron chi connectivity index (χ4n) is 5.38. The quantitative estimate of drug-likeness (QED) is 0.388. The molecule has 3 atom stereocenters. The van der Waals surface area contributed by atoms with Crippen LogP contribution in [0.3, 0.4) is 0 Å². The van der Waals surface area contributed by atoms with Crippen LogP contribution in [0.25, 0.3) is 22.5 Å². The molecule has 0 radical (unpaired) electrons. The van der Waals surface area contributed by atoms with E-state index >= 15 is 8.78 Å². The molecule has 0 aliphatic carbocycles. The van der Waals surface area contributed by atoms with Crippen LogP contribution in [-0.4, -0.2) is 52.0 Å². The Bertz CT molecular complexity index is 1660. The summed E-state index contributed by atoms with van der Waals surface area (Å²) in [6, 6.07) is 5.99. The minimum Gasteiger partial charge on any atom is -0.340 e. The minimum absolute atomic E-state index is 0.0604. The van der Waals surface area contributed by atoms with Gasteiger partial charge in [-0.25, -0.2) is 13.8 Å². The van der Waals surface area contributed by atoms with Crippen LogP contribution in [0.2, 0.25) is 5.02 Å². The van der Waals surface area contributed by atoms with Crippen LogP contribution in [0, 0.1) is 23.0 Å². The molecule has 4 aromatic rings. The number of pyridine rings is 1. The van der Waals surface area contributed by atoms with E-state index in [1.807, 2.05) is 6.07 Å². The van der Waals surface area contributed by atoms with Gasteiger partial charge in [-0.1, -0.05) is 11.6 Å². The van der Waals surface area contributed by atoms with E-state index < -0.39 is 17.6 Å². The number of hydrogen-bond donors (Lipinski definition) is 1. The largest absolute Gasteiger partial charge is 0.340 e. The Kier molecular flexibility index (Phi) is 6.15. The van der Waals surface area contributed by atoms with Gasteiger partial charge in [-0.15, -0.1) is 5.10 Å². The van der Waals surface area contributed by atoms with E-state index in [9.17, 15) is 10.1 Å². The predicted molar refractivity (Wildman–Crippen MR) is 135 cm³/mol. The summed E-state index contributed by atoms with van der Waals surface area (Å²) in [5, 5.41) is 20.2. The Morgan fingerprint density at radius 3 is 2.82 bits per heavy atom. The topological polar surface area (TPSA) is 129 Å². The highest BCUT2D eigenvalue weighted by Gasteiger charge is 2.42. The first kappa shape index (κ1) is 24.8. The van der Waals surface area contributed by atoms with Gasteiger partial charge in [-0.3, -0.25) is 9.78 Å². The van der Waals surface area contributed by atoms with E-state index in [-0.39, 0.29) is 39.8 Å². The summed E-state index contributed by atoms with van der Waals surface area (Å²) in [7, 11) is 0. The van der Waals surface area contributed by atoms with Crippen LogP contribution in [0.1, 0.15) is 55.2 Å². The van der Waals surface area contributed by atoms with Crippen LogP contribution < -0.4 is 0 Å². The number of aromatic amines is 1. The van der Waals surface area contributed by atoms with Crippen molar-refractivity contribution in [2.45, 2.75) is 44.2 Å². The Labute approximate surface area is 225 Å². The molecule has 2 aliphatic heterocycles. The Balaban J connectivity index is 1.32. The fraction of sp³-hybridized carbons (Fsp3) is 0.269. The molecule has 1 unspecified atom stereocenters. The molecular weight excluding hydrogens is 528 g/mol. The summed E-state index contributed by atoms with van der Waals surface area (Å²) >= 11 is 6.10. The highest BCUT2D eigenvalue weighted by molar-refractivity contribution is 6.31. The van der Waals surface area contributed by atoms with Gasteiger partial charge < -0.3 is 9.88 Å². The molecule has 6 rings (SSSR count). The van der Waals surface area contributed by atoms with Crippen LogP contribution in [0.15, 0.2) is 43.0 Å². The van der Waals surface area contributed by atoms with Gasteiger partial charge in [-0.2, -0.15) is 9.94 Å². The molecule has 1 aromatic carbocycles. The molecule has 39 heavy (non-hydrogen) atoms. The highest BCUT2D eigenvalue weighted by Crippen LogP contribution is 2.44. The van der Waals surface area contributed by atoms with Crippen molar-refractivity contribution in [3.8, 4) is 23.0 Å². The summed E-state index contributed by atoms with van der Waals surface area (Å²) in [5.41, 5.74) is 1.79. The second-order valence-corrected chi connectivity index (χ2v) is 9.87. The van der Waals surface area contributed by atoms with Gasteiger partial charge in [0.2, 0.25) is 5.91 Å². The number of H-pyrrole nitrogens is 1. The zero-order chi connectivity index (χ0) is 27.3. The Morgan fingerprint density at radius 2 is 2.05 bits per heavy atom. The maximum atomic E-state index is 15.3. The van der Waals surface area contributed by atoms with Gasteiger partial charge in [0.25, 0.3) is 0 Å². The number of carbonyl (C=O) groups excluding carboxylic acids is 1. The van der Waals surface area contributed by atoms with Crippen molar-refractivity contribution in [1.29, 1.82) is 5.26 Å². The van der Waals surface area contributed by atoms with Crippen LogP contribution >= 0.6 is 11.6 Å². The number of tetrazole rings is 1. The van der Waals surface area contributed by atoms with Crippen LogP contribution in [-0.2, 0) is 4.79 Å². The molecule has 5 heterocycles. The molecule has 10 nitrogen and oxygen atoms in total. The number of nitriles is 1. The first-order valence-electron chi connectivity index (χ1n) is 12.2. The van der Waals surface area contributed by atoms with E-state index in [0.29, 0.717) is 42.0 Å². The minimum atomic E-state index is -0.708. The molecule has 3 aromatic heterocycles. The lowest BCUT2D eigenvalue weighted by atomic mass is 9.92. The van der Waals surface area contributed by atoms with Gasteiger partial charge >= 0.3 is 0 Å². The van der Waals surface area contributed by atoms with Crippen molar-refractivity contribution in [3.63, 3.8) is 0 Å². The number of imidazole rings is 1. The maximum Gasteiger partial charge on any atom is 0.247 e. The van der Waals surface area contributed by atoms with Crippen molar-refractivity contribution in [1.82, 2.24) is 40.1 Å². The molecule has 0 spiro atoms. The number of halogens is 3. The van der Waals surface area contributed by atoms with Gasteiger partial charge in [0.1, 0.15) is 12.2 Å². The summed E-state index contributed by atoms with van der Waals surface area (Å²) in [4.78, 5) is 26.8. The predicted octanol–water partition coefficient (Wildman–Crippen LogP) is 4.53. The summed E-state index contributed by atoms with van der Waals surface area (Å²) in [6.07, 6.45) is 7.41. The summed E-state index contributed by atoms with van der Waals surface area (Å²) in [6.45, 7) is 1.58. The van der Waals surface area contributed by atoms with E-state index in [0.717, 1.165) is 0 Å². The Morgan fingerprint density at radius 1 is 1.21 bits per heavy atom. The zero-order valence-corrected chi connectivity index (χ0v) is 21.3. The standard InChI is InChI=1S/C26H20ClF2N9O/c1-13(10-30)25-23(28)16(6-7-31-25)18-11-32-26(34-18)20-4-2-15-8-14(9-21(39)38(15)20)22-19(37-12-33-35-36-37)5-3-17(27)24(22)29/h3,5-7,9,11-13,15,20H,2,4,8H2,1H3,(H,32,34)/t13-,15?,20-/m0/s1. The monoisotopic (exact) mass is 547 g/mol. The fourth-order valence-corrected chi connectivity index (χ4v) is 5.54. The lowest BCUT2D eigenvalue weighted by Crippen LogP contribution is -2.39. The number of rotatable bonds is 5. The SMILES string of the molecule is C[C@@H](C#N)c1nccc(-c2cnc([C@@H]3CCC4CC(c5c(-n6cnnn6)ccc(Cl)c5F)=CC(=O)N43)[nH]2)c1F. The number of fused-ring (bicyclic) bond motifs is 1. The number of nitrogens with zero attached hydrogens (tertiary/aromatic N) is 8. The van der Waals surface area contributed by atoms with E-state index in [4.69, 9.17) is 11.6 Å². The second-order valence-electron chi connectivity index (χ2n) is 9.47. The normalized spacial score (nSPS) is 19.5. The average Bonchev–Trinajstić information content (AvgIpc) is 3.71. The molecular formula is C26H20ClF2N9O. The van der Waals surface area contributed by atoms with E-state index in [1.54, 1.807) is 17.9 Å². The number of nitrogens with one attached hydrogen (secondary N) is 1. The van der Waals surface area contributed by atoms with Crippen LogP contribution in [0.4, 0.5) is 8.78 Å². The maximum absolute atomic E-state index is 15.3. The van der Waals surface area contributed by atoms with Gasteiger partial charge in [0, 0.05) is 29.4 Å². The molecule has 1 fully saturated rings. The number of carbonyl (C=O) groups is 1. The third-order valence-corrected chi connectivity index (χ3v) is 7.51. The van der Waals surface area contributed by atoms with E-state index in [1.165, 1.54) is 41.6 Å². The first-order valence-corrected chi connectivity index (χ1v) is 12.6. The molecule has 1 saturated heterocycles. The molecule has 2 aliphatic rings. The Hall–Kier alpha value is -4.50. The zero-order valence-electron chi connectivity index (χ0n) is 20.5. The molecule has 1 N–H and O–H groups in total. The van der Waals surface area contributed by atoms with Crippen molar-refractivity contribution < 1.29 is 13.6 Å². The lowest BCUT2D eigenvalue weighted by Gasteiger charge is -2.33. The van der Waals surface area contributed by atoms with Gasteiger partial charge in [0.05, 0.1) is 46.3 Å². The lowest BCUT2D eigenvalue weighted by molar-refractivity contribution is -0.129. The second kappa shape index (κ2) is 9.67. The molecule has 1 amide bonds. The van der Waals surface area contributed by atoms with Crippen molar-refractivity contribution >= 4 is 23.1 Å². The smallest absolute Gasteiger partial charge is 0.247 e. The summed E-state index contributed by atoms with van der Waals surface area (Å²) in [5.74, 6) is -1.71. The number of aromatic nitrogens is 7. The van der Waals surface area contributed by atoms with Crippen molar-refractivity contribution in [3.05, 3.63) is 76.7 Å². The number of hydrogen-bond acceptors (Lipinski definition) is 7. The third-order valence-electron chi connectivity index (χ3n) is 7.22. The van der Waals surface area contributed by atoms with Gasteiger partial charge in [0.15, 0.2) is 11.6 Å². The van der Waals surface area contributed by atoms with E-state index in [2.05, 4.69) is 30.5 Å². The molecule has 13 heteroatoms. The van der Waals surface area contributed by atoms with Crippen molar-refractivity contribution in [2.24, 2.45) is 0 Å². The number of benzene rings is 1. The van der Waals surface area contributed by atoms with Crippen molar-refractivity contribution in [2.75, 3.05) is 0 Å². The molecule has 0 bridgehead atoms. The van der Waals surface area contributed by atoms with Gasteiger partial charge in [-0.05, 0) is 60.4 Å². The van der Waals surface area contributed by atoms with Crippen LogP contribution in [0.5, 0.6) is 0 Å².